The van der Waals surface area contributed by atoms with Gasteiger partial charge in [0.2, 0.25) is 5.91 Å². The second-order valence-electron chi connectivity index (χ2n) is 5.26. The van der Waals surface area contributed by atoms with Gasteiger partial charge in [0.05, 0.1) is 12.3 Å². The van der Waals surface area contributed by atoms with E-state index in [4.69, 9.17) is 5.11 Å². The van der Waals surface area contributed by atoms with E-state index in [0.717, 1.165) is 5.56 Å². The minimum Gasteiger partial charge on any atom is -0.481 e. The molecular weight excluding hydrogens is 278 g/mol. The molecule has 0 bridgehead atoms. The number of carboxylic acids is 1. The van der Waals surface area contributed by atoms with Gasteiger partial charge < -0.3 is 10.4 Å². The molecule has 0 radical (unpaired) electrons. The van der Waals surface area contributed by atoms with Crippen LogP contribution in [0.1, 0.15) is 24.8 Å². The zero-order valence-electron chi connectivity index (χ0n) is 12.4. The lowest BCUT2D eigenvalue weighted by Crippen LogP contribution is -2.29. The van der Waals surface area contributed by atoms with Gasteiger partial charge in [0.15, 0.2) is 0 Å². The van der Waals surface area contributed by atoms with Crippen molar-refractivity contribution in [3.8, 4) is 0 Å². The third-order valence-corrected chi connectivity index (χ3v) is 3.70. The highest BCUT2D eigenvalue weighted by molar-refractivity contribution is 5.95. The molecule has 0 saturated carbocycles. The Hall–Kier alpha value is -2.62. The monoisotopic (exact) mass is 297 g/mol. The summed E-state index contributed by atoms with van der Waals surface area (Å²) >= 11 is 0. The number of carboxylic acid groups (broad SMARTS) is 1. The molecule has 114 valence electrons. The van der Waals surface area contributed by atoms with Crippen LogP contribution in [0.5, 0.6) is 0 Å². The normalized spacial score (nSPS) is 13.1. The van der Waals surface area contributed by atoms with Crippen molar-refractivity contribution >= 4 is 17.6 Å². The molecule has 2 rings (SSSR count). The predicted octanol–water partition coefficient (Wildman–Crippen LogP) is 3.52. The first-order valence-electron chi connectivity index (χ1n) is 7.20. The number of para-hydroxylation sites is 1. The van der Waals surface area contributed by atoms with Crippen LogP contribution in [0.25, 0.3) is 0 Å². The maximum Gasteiger partial charge on any atom is 0.304 e. The van der Waals surface area contributed by atoms with Crippen LogP contribution < -0.4 is 5.32 Å². The summed E-state index contributed by atoms with van der Waals surface area (Å²) in [7, 11) is 0. The Morgan fingerprint density at radius 1 is 1.00 bits per heavy atom. The number of aliphatic carboxylic acids is 1. The number of nitrogens with one attached hydrogen (secondary N) is 1. The van der Waals surface area contributed by atoms with Crippen LogP contribution in [0.3, 0.4) is 0 Å². The molecule has 0 saturated heterocycles. The third-order valence-electron chi connectivity index (χ3n) is 3.70. The fourth-order valence-corrected chi connectivity index (χ4v) is 2.43. The topological polar surface area (TPSA) is 66.4 Å². The number of benzene rings is 2. The molecule has 0 aliphatic carbocycles. The van der Waals surface area contributed by atoms with Gasteiger partial charge in [0.1, 0.15) is 0 Å². The zero-order valence-corrected chi connectivity index (χ0v) is 12.4. The SMILES string of the molecule is CC(c1ccccc1)C(CC(=O)O)C(=O)Nc1ccccc1. The lowest BCUT2D eigenvalue weighted by molar-refractivity contribution is -0.140. The van der Waals surface area contributed by atoms with E-state index < -0.39 is 11.9 Å². The molecule has 2 aromatic rings. The molecule has 2 atom stereocenters. The van der Waals surface area contributed by atoms with Crippen LogP contribution in [-0.2, 0) is 9.59 Å². The second kappa shape index (κ2) is 7.41. The number of anilines is 1. The number of carbonyl (C=O) groups is 2. The van der Waals surface area contributed by atoms with E-state index in [1.165, 1.54) is 0 Å². The van der Waals surface area contributed by atoms with Gasteiger partial charge in [0, 0.05) is 5.69 Å². The Bertz CT molecular complexity index is 625. The summed E-state index contributed by atoms with van der Waals surface area (Å²) in [6, 6.07) is 18.6. The highest BCUT2D eigenvalue weighted by Gasteiger charge is 2.28. The Balaban J connectivity index is 2.18. The predicted molar refractivity (Wildman–Crippen MR) is 85.7 cm³/mol. The van der Waals surface area contributed by atoms with Crippen molar-refractivity contribution in [3.05, 3.63) is 66.2 Å². The molecule has 2 N–H and O–H groups in total. The minimum atomic E-state index is -0.976. The first-order chi connectivity index (χ1) is 10.6. The van der Waals surface area contributed by atoms with Crippen molar-refractivity contribution in [1.29, 1.82) is 0 Å². The standard InChI is InChI=1S/C18H19NO3/c1-13(14-8-4-2-5-9-14)16(12-17(20)21)18(22)19-15-10-6-3-7-11-15/h2-11,13,16H,12H2,1H3,(H,19,22)(H,20,21). The number of carbonyl (C=O) groups excluding carboxylic acids is 1. The highest BCUT2D eigenvalue weighted by Crippen LogP contribution is 2.28. The van der Waals surface area contributed by atoms with Gasteiger partial charge in [0.25, 0.3) is 0 Å². The maximum absolute atomic E-state index is 12.5. The molecule has 1 amide bonds. The second-order valence-corrected chi connectivity index (χ2v) is 5.26. The Morgan fingerprint density at radius 3 is 2.09 bits per heavy atom. The van der Waals surface area contributed by atoms with Gasteiger partial charge in [-0.05, 0) is 23.6 Å². The zero-order chi connectivity index (χ0) is 15.9. The summed E-state index contributed by atoms with van der Waals surface area (Å²) in [5, 5.41) is 11.9. The summed E-state index contributed by atoms with van der Waals surface area (Å²) in [6.45, 7) is 1.88. The molecule has 0 aliphatic heterocycles. The number of amides is 1. The smallest absolute Gasteiger partial charge is 0.304 e. The summed E-state index contributed by atoms with van der Waals surface area (Å²) in [5.41, 5.74) is 1.63. The van der Waals surface area contributed by atoms with Crippen molar-refractivity contribution in [1.82, 2.24) is 0 Å². The number of hydrogen-bond donors (Lipinski definition) is 2. The molecule has 0 spiro atoms. The van der Waals surface area contributed by atoms with E-state index in [9.17, 15) is 9.59 Å². The molecule has 0 aromatic heterocycles. The van der Waals surface area contributed by atoms with Crippen LogP contribution in [0.15, 0.2) is 60.7 Å². The third kappa shape index (κ3) is 4.19. The Labute approximate surface area is 129 Å². The molecule has 0 fully saturated rings. The van der Waals surface area contributed by atoms with E-state index in [-0.39, 0.29) is 18.2 Å². The van der Waals surface area contributed by atoms with Crippen molar-refractivity contribution in [3.63, 3.8) is 0 Å². The molecule has 0 aliphatic rings. The first-order valence-corrected chi connectivity index (χ1v) is 7.20. The summed E-state index contributed by atoms with van der Waals surface area (Å²) in [6.07, 6.45) is -0.200. The van der Waals surface area contributed by atoms with Gasteiger partial charge in [-0.15, -0.1) is 0 Å². The van der Waals surface area contributed by atoms with E-state index >= 15 is 0 Å². The molecule has 2 unspecified atom stereocenters. The van der Waals surface area contributed by atoms with Crippen molar-refractivity contribution in [2.24, 2.45) is 5.92 Å². The molecule has 0 heterocycles. The number of rotatable bonds is 6. The fourth-order valence-electron chi connectivity index (χ4n) is 2.43. The van der Waals surface area contributed by atoms with Gasteiger partial charge in [-0.1, -0.05) is 55.5 Å². The van der Waals surface area contributed by atoms with Crippen LogP contribution in [0.2, 0.25) is 0 Å². The Kier molecular flexibility index (Phi) is 5.31. The highest BCUT2D eigenvalue weighted by atomic mass is 16.4. The lowest BCUT2D eigenvalue weighted by Gasteiger charge is -2.22. The van der Waals surface area contributed by atoms with Crippen molar-refractivity contribution in [2.45, 2.75) is 19.3 Å². The van der Waals surface area contributed by atoms with E-state index in [2.05, 4.69) is 5.32 Å². The average molecular weight is 297 g/mol. The summed E-state index contributed by atoms with van der Waals surface area (Å²) < 4.78 is 0. The van der Waals surface area contributed by atoms with Crippen molar-refractivity contribution < 1.29 is 14.7 Å². The fraction of sp³-hybridized carbons (Fsp3) is 0.222. The molecule has 4 heteroatoms. The van der Waals surface area contributed by atoms with Crippen LogP contribution >= 0.6 is 0 Å². The van der Waals surface area contributed by atoms with Gasteiger partial charge >= 0.3 is 5.97 Å². The van der Waals surface area contributed by atoms with Crippen molar-refractivity contribution in [2.75, 3.05) is 5.32 Å². The largest absolute Gasteiger partial charge is 0.481 e. The molecule has 22 heavy (non-hydrogen) atoms. The summed E-state index contributed by atoms with van der Waals surface area (Å²) in [5.74, 6) is -2.05. The van der Waals surface area contributed by atoms with Crippen LogP contribution in [0, 0.1) is 5.92 Å². The van der Waals surface area contributed by atoms with Gasteiger partial charge in [-0.3, -0.25) is 9.59 Å². The maximum atomic E-state index is 12.5. The molecular formula is C18H19NO3. The lowest BCUT2D eigenvalue weighted by atomic mass is 9.84. The van der Waals surface area contributed by atoms with E-state index in [1.54, 1.807) is 12.1 Å². The van der Waals surface area contributed by atoms with Gasteiger partial charge in [-0.25, -0.2) is 0 Å². The minimum absolute atomic E-state index is 0.180. The van der Waals surface area contributed by atoms with Gasteiger partial charge in [-0.2, -0.15) is 0 Å². The Morgan fingerprint density at radius 2 is 1.55 bits per heavy atom. The van der Waals surface area contributed by atoms with Crippen LogP contribution in [-0.4, -0.2) is 17.0 Å². The van der Waals surface area contributed by atoms with E-state index in [0.29, 0.717) is 5.69 Å². The van der Waals surface area contributed by atoms with E-state index in [1.807, 2.05) is 55.5 Å². The van der Waals surface area contributed by atoms with Crippen LogP contribution in [0.4, 0.5) is 5.69 Å². The number of hydrogen-bond acceptors (Lipinski definition) is 2. The first kappa shape index (κ1) is 15.8. The summed E-state index contributed by atoms with van der Waals surface area (Å²) in [4.78, 5) is 23.6. The molecule has 4 nitrogen and oxygen atoms in total. The average Bonchev–Trinajstić information content (AvgIpc) is 2.53. The quantitative estimate of drug-likeness (QED) is 0.857. The molecule has 2 aromatic carbocycles.